The van der Waals surface area contributed by atoms with Gasteiger partial charge in [0.2, 0.25) is 0 Å². The Morgan fingerprint density at radius 2 is 1.95 bits per heavy atom. The lowest BCUT2D eigenvalue weighted by molar-refractivity contribution is 0.741. The van der Waals surface area contributed by atoms with Gasteiger partial charge in [-0.3, -0.25) is 4.98 Å². The van der Waals surface area contributed by atoms with Crippen molar-refractivity contribution >= 4 is 5.82 Å². The molecule has 0 aromatic carbocycles. The molecule has 2 rings (SSSR count). The first-order valence-corrected chi connectivity index (χ1v) is 7.23. The molecular weight excluding hydrogens is 248 g/mol. The summed E-state index contributed by atoms with van der Waals surface area (Å²) in [6.45, 7) is 7.23. The predicted octanol–water partition coefficient (Wildman–Crippen LogP) is 3.76. The molecule has 20 heavy (non-hydrogen) atoms. The van der Waals surface area contributed by atoms with Crippen molar-refractivity contribution in [3.05, 3.63) is 35.7 Å². The summed E-state index contributed by atoms with van der Waals surface area (Å²) in [5, 5.41) is 3.42. The van der Waals surface area contributed by atoms with Gasteiger partial charge in [-0.25, -0.2) is 9.97 Å². The second-order valence-corrected chi connectivity index (χ2v) is 4.96. The average Bonchev–Trinajstić information content (AvgIpc) is 2.48. The molecule has 0 fully saturated rings. The van der Waals surface area contributed by atoms with E-state index in [2.05, 4.69) is 34.1 Å². The third kappa shape index (κ3) is 3.53. The molecule has 0 atom stereocenters. The number of aromatic nitrogens is 3. The van der Waals surface area contributed by atoms with Crippen molar-refractivity contribution in [2.24, 2.45) is 0 Å². The van der Waals surface area contributed by atoms with E-state index in [9.17, 15) is 0 Å². The highest BCUT2D eigenvalue weighted by atomic mass is 15.0. The normalized spacial score (nSPS) is 10.6. The molecule has 0 bridgehead atoms. The Hall–Kier alpha value is -1.97. The van der Waals surface area contributed by atoms with E-state index in [4.69, 9.17) is 0 Å². The zero-order chi connectivity index (χ0) is 14.4. The number of hydrogen-bond acceptors (Lipinski definition) is 4. The summed E-state index contributed by atoms with van der Waals surface area (Å²) in [6.07, 6.45) is 5.39. The van der Waals surface area contributed by atoms with Gasteiger partial charge in [-0.15, -0.1) is 0 Å². The molecule has 0 saturated heterocycles. The minimum Gasteiger partial charge on any atom is -0.370 e. The largest absolute Gasteiger partial charge is 0.370 e. The summed E-state index contributed by atoms with van der Waals surface area (Å²) >= 11 is 0. The first-order chi connectivity index (χ1) is 9.72. The zero-order valence-electron chi connectivity index (χ0n) is 12.5. The van der Waals surface area contributed by atoms with E-state index >= 15 is 0 Å². The van der Waals surface area contributed by atoms with Gasteiger partial charge < -0.3 is 5.32 Å². The smallest absolute Gasteiger partial charge is 0.180 e. The van der Waals surface area contributed by atoms with E-state index in [0.717, 1.165) is 35.7 Å². The Morgan fingerprint density at radius 1 is 1.10 bits per heavy atom. The molecule has 2 aromatic rings. The molecule has 2 aromatic heterocycles. The van der Waals surface area contributed by atoms with Crippen LogP contribution in [0.2, 0.25) is 0 Å². The number of rotatable bonds is 6. The lowest BCUT2D eigenvalue weighted by atomic mass is 10.2. The molecule has 0 radical (unpaired) electrons. The van der Waals surface area contributed by atoms with Crippen LogP contribution in [0.15, 0.2) is 24.4 Å². The van der Waals surface area contributed by atoms with Crippen molar-refractivity contribution in [2.75, 3.05) is 11.9 Å². The van der Waals surface area contributed by atoms with Crippen LogP contribution in [0.5, 0.6) is 0 Å². The van der Waals surface area contributed by atoms with Crippen molar-refractivity contribution in [3.8, 4) is 11.5 Å². The molecule has 0 amide bonds. The molecule has 1 N–H and O–H groups in total. The van der Waals surface area contributed by atoms with Gasteiger partial charge >= 0.3 is 0 Å². The van der Waals surface area contributed by atoms with Gasteiger partial charge in [0.05, 0.1) is 0 Å². The third-order valence-electron chi connectivity index (χ3n) is 3.36. The summed E-state index contributed by atoms with van der Waals surface area (Å²) in [5.74, 6) is 1.61. The topological polar surface area (TPSA) is 50.7 Å². The van der Waals surface area contributed by atoms with Crippen LogP contribution in [0.3, 0.4) is 0 Å². The van der Waals surface area contributed by atoms with Gasteiger partial charge in [0.25, 0.3) is 0 Å². The van der Waals surface area contributed by atoms with Crippen molar-refractivity contribution in [1.82, 2.24) is 15.0 Å². The van der Waals surface area contributed by atoms with Crippen LogP contribution >= 0.6 is 0 Å². The lowest BCUT2D eigenvalue weighted by Gasteiger charge is -2.12. The summed E-state index contributed by atoms with van der Waals surface area (Å²) in [4.78, 5) is 13.5. The quantitative estimate of drug-likeness (QED) is 0.812. The molecular formula is C16H22N4. The second kappa shape index (κ2) is 6.98. The van der Waals surface area contributed by atoms with Crippen molar-refractivity contribution in [3.63, 3.8) is 0 Å². The van der Waals surface area contributed by atoms with Crippen LogP contribution in [-0.4, -0.2) is 21.5 Å². The Morgan fingerprint density at radius 3 is 2.65 bits per heavy atom. The van der Waals surface area contributed by atoms with Crippen molar-refractivity contribution in [1.29, 1.82) is 0 Å². The predicted molar refractivity (Wildman–Crippen MR) is 82.8 cm³/mol. The highest BCUT2D eigenvalue weighted by Crippen LogP contribution is 2.20. The lowest BCUT2D eigenvalue weighted by Crippen LogP contribution is -2.08. The van der Waals surface area contributed by atoms with Gasteiger partial charge in [-0.1, -0.05) is 25.8 Å². The zero-order valence-corrected chi connectivity index (χ0v) is 12.5. The van der Waals surface area contributed by atoms with E-state index in [0.29, 0.717) is 5.82 Å². The number of nitrogens with one attached hydrogen (secondary N) is 1. The summed E-state index contributed by atoms with van der Waals surface area (Å²) in [7, 11) is 0. The molecule has 4 heteroatoms. The number of pyridine rings is 1. The fourth-order valence-electron chi connectivity index (χ4n) is 1.99. The number of aryl methyl sites for hydroxylation is 1. The van der Waals surface area contributed by atoms with Crippen molar-refractivity contribution < 1.29 is 0 Å². The highest BCUT2D eigenvalue weighted by molar-refractivity contribution is 5.56. The molecule has 2 heterocycles. The monoisotopic (exact) mass is 270 g/mol. The number of hydrogen-bond donors (Lipinski definition) is 1. The summed E-state index contributed by atoms with van der Waals surface area (Å²) < 4.78 is 0. The molecule has 106 valence electrons. The first kappa shape index (κ1) is 14.4. The Kier molecular flexibility index (Phi) is 5.04. The van der Waals surface area contributed by atoms with Gasteiger partial charge in [-0.05, 0) is 32.4 Å². The first-order valence-electron chi connectivity index (χ1n) is 7.23. The Bertz CT molecular complexity index is 552. The van der Waals surface area contributed by atoms with Gasteiger partial charge in [0, 0.05) is 24.0 Å². The molecule has 0 unspecified atom stereocenters. The van der Waals surface area contributed by atoms with Crippen LogP contribution < -0.4 is 5.32 Å². The van der Waals surface area contributed by atoms with Gasteiger partial charge in [-0.2, -0.15) is 0 Å². The van der Waals surface area contributed by atoms with E-state index in [-0.39, 0.29) is 0 Å². The molecule has 0 aliphatic carbocycles. The Labute approximate surface area is 120 Å². The van der Waals surface area contributed by atoms with Crippen LogP contribution in [0.25, 0.3) is 11.5 Å². The minimum atomic E-state index is 0.687. The third-order valence-corrected chi connectivity index (χ3v) is 3.36. The van der Waals surface area contributed by atoms with Crippen LogP contribution in [-0.2, 0) is 0 Å². The summed E-state index contributed by atoms with van der Waals surface area (Å²) in [5.41, 5.74) is 2.92. The highest BCUT2D eigenvalue weighted by Gasteiger charge is 2.09. The molecule has 4 nitrogen and oxygen atoms in total. The summed E-state index contributed by atoms with van der Waals surface area (Å²) in [6, 6.07) is 5.79. The van der Waals surface area contributed by atoms with Crippen molar-refractivity contribution in [2.45, 2.75) is 40.0 Å². The van der Waals surface area contributed by atoms with E-state index in [1.807, 2.05) is 25.1 Å². The molecule has 0 aliphatic rings. The average molecular weight is 270 g/mol. The van der Waals surface area contributed by atoms with Crippen LogP contribution in [0.1, 0.15) is 37.4 Å². The fourth-order valence-corrected chi connectivity index (χ4v) is 1.99. The van der Waals surface area contributed by atoms with E-state index in [1.165, 1.54) is 12.8 Å². The second-order valence-electron chi connectivity index (χ2n) is 4.96. The van der Waals surface area contributed by atoms with Crippen LogP contribution in [0.4, 0.5) is 5.82 Å². The van der Waals surface area contributed by atoms with Crippen LogP contribution in [0, 0.1) is 13.8 Å². The fraction of sp³-hybridized carbons (Fsp3) is 0.438. The standard InChI is InChI=1S/C16H22N4/c1-4-5-7-11-18-15-12(2)13(3)19-16(20-15)14-9-6-8-10-17-14/h6,8-10H,4-5,7,11H2,1-3H3,(H,18,19,20). The molecule has 0 saturated carbocycles. The SMILES string of the molecule is CCCCCNc1nc(-c2ccccn2)nc(C)c1C. The number of anilines is 1. The minimum absolute atomic E-state index is 0.687. The van der Waals surface area contributed by atoms with E-state index in [1.54, 1.807) is 6.20 Å². The van der Waals surface area contributed by atoms with E-state index < -0.39 is 0 Å². The molecule has 0 aliphatic heterocycles. The maximum atomic E-state index is 4.62. The maximum absolute atomic E-state index is 4.62. The Balaban J connectivity index is 2.21. The van der Waals surface area contributed by atoms with Gasteiger partial charge in [0.1, 0.15) is 11.5 Å². The van der Waals surface area contributed by atoms with Gasteiger partial charge in [0.15, 0.2) is 5.82 Å². The maximum Gasteiger partial charge on any atom is 0.180 e. The molecule has 0 spiro atoms. The number of nitrogens with zero attached hydrogens (tertiary/aromatic N) is 3. The number of unbranched alkanes of at least 4 members (excludes halogenated alkanes) is 2.